The van der Waals surface area contributed by atoms with Crippen LogP contribution in [-0.2, 0) is 4.79 Å². The molecule has 0 aromatic carbocycles. The van der Waals surface area contributed by atoms with E-state index in [-0.39, 0.29) is 12.4 Å². The van der Waals surface area contributed by atoms with Gasteiger partial charge in [-0.2, -0.15) is 0 Å². The topological polar surface area (TPSA) is 32.3 Å². The van der Waals surface area contributed by atoms with Crippen LogP contribution in [0.3, 0.4) is 0 Å². The van der Waals surface area contributed by atoms with Crippen molar-refractivity contribution in [2.24, 2.45) is 11.8 Å². The lowest BCUT2D eigenvalue weighted by Gasteiger charge is -2.17. The van der Waals surface area contributed by atoms with Crippen molar-refractivity contribution in [3.63, 3.8) is 0 Å². The minimum atomic E-state index is 0. The molecule has 17 heavy (non-hydrogen) atoms. The van der Waals surface area contributed by atoms with Crippen molar-refractivity contribution in [1.29, 1.82) is 0 Å². The Morgan fingerprint density at radius 1 is 1.47 bits per heavy atom. The van der Waals surface area contributed by atoms with Crippen LogP contribution in [0.15, 0.2) is 0 Å². The fraction of sp³-hybridized carbons (Fsp3) is 0.923. The van der Waals surface area contributed by atoms with Crippen molar-refractivity contribution in [2.45, 2.75) is 39.5 Å². The Balaban J connectivity index is 0.00000256. The normalized spacial score (nSPS) is 19.5. The number of hydrogen-bond acceptors (Lipinski definition) is 2. The van der Waals surface area contributed by atoms with E-state index in [4.69, 9.17) is 0 Å². The molecule has 1 aliphatic rings. The molecule has 1 fully saturated rings. The molecule has 4 heteroatoms. The lowest BCUT2D eigenvalue weighted by atomic mass is 9.97. The first kappa shape index (κ1) is 16.7. The lowest BCUT2D eigenvalue weighted by molar-refractivity contribution is -0.130. The number of likely N-dealkylation sites (tertiary alicyclic amines) is 1. The minimum absolute atomic E-state index is 0. The summed E-state index contributed by atoms with van der Waals surface area (Å²) in [5, 5.41) is 3.08. The maximum Gasteiger partial charge on any atom is 0.222 e. The standard InChI is InChI=1S/C13H26N2O.ClH/c1-11(2)9-12-6-8-15(10-12)13(16)5-4-7-14-3;/h11-12,14H,4-10H2,1-3H3;1H. The summed E-state index contributed by atoms with van der Waals surface area (Å²) in [6, 6.07) is 0. The fourth-order valence-corrected chi connectivity index (χ4v) is 2.49. The number of rotatable bonds is 6. The van der Waals surface area contributed by atoms with Gasteiger partial charge in [0.25, 0.3) is 0 Å². The van der Waals surface area contributed by atoms with Crippen LogP contribution in [0.4, 0.5) is 0 Å². The molecule has 0 bridgehead atoms. The predicted octanol–water partition coefficient (Wildman–Crippen LogP) is 2.30. The average molecular weight is 263 g/mol. The van der Waals surface area contributed by atoms with Crippen LogP contribution in [-0.4, -0.2) is 37.5 Å². The highest BCUT2D eigenvalue weighted by atomic mass is 35.5. The molecule has 0 aliphatic carbocycles. The molecule has 0 aromatic heterocycles. The molecule has 0 saturated carbocycles. The summed E-state index contributed by atoms with van der Waals surface area (Å²) in [5.41, 5.74) is 0. The molecule has 1 amide bonds. The van der Waals surface area contributed by atoms with Gasteiger partial charge in [0.05, 0.1) is 0 Å². The van der Waals surface area contributed by atoms with Gasteiger partial charge >= 0.3 is 0 Å². The molecule has 102 valence electrons. The third kappa shape index (κ3) is 6.27. The highest BCUT2D eigenvalue weighted by Crippen LogP contribution is 2.23. The largest absolute Gasteiger partial charge is 0.342 e. The third-order valence-corrected chi connectivity index (χ3v) is 3.26. The Morgan fingerprint density at radius 2 is 2.18 bits per heavy atom. The summed E-state index contributed by atoms with van der Waals surface area (Å²) >= 11 is 0. The Hall–Kier alpha value is -0.280. The number of nitrogens with one attached hydrogen (secondary N) is 1. The Morgan fingerprint density at radius 3 is 2.76 bits per heavy atom. The summed E-state index contributed by atoms with van der Waals surface area (Å²) in [7, 11) is 1.93. The summed E-state index contributed by atoms with van der Waals surface area (Å²) in [4.78, 5) is 13.9. The number of halogens is 1. The van der Waals surface area contributed by atoms with E-state index < -0.39 is 0 Å². The second-order valence-electron chi connectivity index (χ2n) is 5.33. The first-order valence-electron chi connectivity index (χ1n) is 6.55. The maximum absolute atomic E-state index is 11.8. The van der Waals surface area contributed by atoms with Gasteiger partial charge in [-0.15, -0.1) is 12.4 Å². The summed E-state index contributed by atoms with van der Waals surface area (Å²) < 4.78 is 0. The van der Waals surface area contributed by atoms with Crippen molar-refractivity contribution in [1.82, 2.24) is 10.2 Å². The molecule has 1 saturated heterocycles. The van der Waals surface area contributed by atoms with Crippen LogP contribution in [0, 0.1) is 11.8 Å². The summed E-state index contributed by atoms with van der Waals surface area (Å²) in [6.45, 7) is 7.44. The van der Waals surface area contributed by atoms with Gasteiger partial charge in [-0.3, -0.25) is 4.79 Å². The van der Waals surface area contributed by atoms with Crippen molar-refractivity contribution in [3.05, 3.63) is 0 Å². The second kappa shape index (κ2) is 8.76. The molecule has 1 heterocycles. The Kier molecular flexibility index (Phi) is 8.61. The van der Waals surface area contributed by atoms with Gasteiger partial charge in [0.15, 0.2) is 0 Å². The molecular formula is C13H27ClN2O. The van der Waals surface area contributed by atoms with Crippen LogP contribution in [0.5, 0.6) is 0 Å². The zero-order valence-corrected chi connectivity index (χ0v) is 12.2. The van der Waals surface area contributed by atoms with Gasteiger partial charge in [-0.1, -0.05) is 13.8 Å². The quantitative estimate of drug-likeness (QED) is 0.745. The molecule has 1 atom stereocenters. The van der Waals surface area contributed by atoms with Gasteiger partial charge in [0.1, 0.15) is 0 Å². The zero-order chi connectivity index (χ0) is 12.0. The van der Waals surface area contributed by atoms with E-state index in [1.807, 2.05) is 7.05 Å². The maximum atomic E-state index is 11.8. The number of carbonyl (C=O) groups is 1. The summed E-state index contributed by atoms with van der Waals surface area (Å²) in [5.74, 6) is 1.85. The van der Waals surface area contributed by atoms with Crippen LogP contribution in [0.1, 0.15) is 39.5 Å². The molecule has 1 aliphatic heterocycles. The van der Waals surface area contributed by atoms with Crippen LogP contribution < -0.4 is 5.32 Å². The van der Waals surface area contributed by atoms with Gasteiger partial charge in [0, 0.05) is 19.5 Å². The van der Waals surface area contributed by atoms with E-state index >= 15 is 0 Å². The number of hydrogen-bond donors (Lipinski definition) is 1. The summed E-state index contributed by atoms with van der Waals surface area (Å²) in [6.07, 6.45) is 4.13. The van der Waals surface area contributed by atoms with Crippen molar-refractivity contribution < 1.29 is 4.79 Å². The van der Waals surface area contributed by atoms with Crippen molar-refractivity contribution in [2.75, 3.05) is 26.7 Å². The van der Waals surface area contributed by atoms with Gasteiger partial charge < -0.3 is 10.2 Å². The van der Waals surface area contributed by atoms with Gasteiger partial charge in [-0.25, -0.2) is 0 Å². The van der Waals surface area contributed by atoms with Crippen molar-refractivity contribution in [3.8, 4) is 0 Å². The number of carbonyl (C=O) groups excluding carboxylic acids is 1. The monoisotopic (exact) mass is 262 g/mol. The SMILES string of the molecule is CNCCCC(=O)N1CCC(CC(C)C)C1.Cl. The Labute approximate surface area is 112 Å². The van der Waals surface area contributed by atoms with E-state index in [9.17, 15) is 4.79 Å². The minimum Gasteiger partial charge on any atom is -0.342 e. The molecule has 0 radical (unpaired) electrons. The molecule has 3 nitrogen and oxygen atoms in total. The lowest BCUT2D eigenvalue weighted by Crippen LogP contribution is -2.29. The first-order chi connectivity index (χ1) is 7.63. The van der Waals surface area contributed by atoms with Gasteiger partial charge in [-0.05, 0) is 44.7 Å². The molecule has 1 unspecified atom stereocenters. The first-order valence-corrected chi connectivity index (χ1v) is 6.55. The van der Waals surface area contributed by atoms with Gasteiger partial charge in [0.2, 0.25) is 5.91 Å². The number of amides is 1. The fourth-order valence-electron chi connectivity index (χ4n) is 2.49. The molecule has 0 spiro atoms. The van der Waals surface area contributed by atoms with Crippen LogP contribution >= 0.6 is 12.4 Å². The average Bonchev–Trinajstić information content (AvgIpc) is 2.65. The van der Waals surface area contributed by atoms with Crippen LogP contribution in [0.25, 0.3) is 0 Å². The van der Waals surface area contributed by atoms with Crippen molar-refractivity contribution >= 4 is 18.3 Å². The molecule has 1 rings (SSSR count). The third-order valence-electron chi connectivity index (χ3n) is 3.26. The van der Waals surface area contributed by atoms with E-state index in [1.165, 1.54) is 12.8 Å². The van der Waals surface area contributed by atoms with E-state index in [0.717, 1.165) is 37.9 Å². The van der Waals surface area contributed by atoms with E-state index in [0.29, 0.717) is 12.3 Å². The Bertz CT molecular complexity index is 221. The van der Waals surface area contributed by atoms with E-state index in [1.54, 1.807) is 0 Å². The highest BCUT2D eigenvalue weighted by Gasteiger charge is 2.25. The second-order valence-corrected chi connectivity index (χ2v) is 5.33. The highest BCUT2D eigenvalue weighted by molar-refractivity contribution is 5.85. The van der Waals surface area contributed by atoms with Crippen LogP contribution in [0.2, 0.25) is 0 Å². The molecule has 0 aromatic rings. The predicted molar refractivity (Wildman–Crippen MR) is 74.6 cm³/mol. The van der Waals surface area contributed by atoms with E-state index in [2.05, 4.69) is 24.1 Å². The molecule has 1 N–H and O–H groups in total. The zero-order valence-electron chi connectivity index (χ0n) is 11.4. The molecular weight excluding hydrogens is 236 g/mol. The smallest absolute Gasteiger partial charge is 0.222 e. The number of nitrogens with zero attached hydrogens (tertiary/aromatic N) is 1.